The molecule has 1 aromatic heterocycles. The Labute approximate surface area is 89.7 Å². The monoisotopic (exact) mass is 227 g/mol. The maximum atomic E-state index is 12.8. The van der Waals surface area contributed by atoms with E-state index in [1.807, 2.05) is 0 Å². The molecule has 0 aliphatic carbocycles. The molecule has 0 aliphatic heterocycles. The number of aromatic nitrogens is 1. The summed E-state index contributed by atoms with van der Waals surface area (Å²) in [5, 5.41) is 3.52. The number of benzene rings is 1. The number of rotatable bonds is 1. The molecule has 0 radical (unpaired) electrons. The van der Waals surface area contributed by atoms with Gasteiger partial charge in [-0.3, -0.25) is 0 Å². The largest absolute Gasteiger partial charge is 0.417 e. The van der Waals surface area contributed by atoms with Gasteiger partial charge in [0.1, 0.15) is 12.0 Å². The second kappa shape index (κ2) is 3.66. The van der Waals surface area contributed by atoms with E-state index in [-0.39, 0.29) is 11.3 Å². The summed E-state index contributed by atoms with van der Waals surface area (Å²) in [5.74, 6) is 0. The van der Waals surface area contributed by atoms with Crippen LogP contribution in [0.5, 0.6) is 0 Å². The van der Waals surface area contributed by atoms with Crippen molar-refractivity contribution in [2.45, 2.75) is 13.1 Å². The Morgan fingerprint density at radius 3 is 2.50 bits per heavy atom. The van der Waals surface area contributed by atoms with E-state index in [9.17, 15) is 13.2 Å². The van der Waals surface area contributed by atoms with E-state index in [4.69, 9.17) is 0 Å². The molecule has 0 unspecified atom stereocenters. The van der Waals surface area contributed by atoms with Gasteiger partial charge in [0.25, 0.3) is 0 Å². The van der Waals surface area contributed by atoms with Gasteiger partial charge < -0.3 is 4.52 Å². The fraction of sp³-hybridized carbons (Fsp3) is 0.182. The fourth-order valence-corrected chi connectivity index (χ4v) is 1.47. The smallest absolute Gasteiger partial charge is 0.364 e. The molecule has 0 bridgehead atoms. The van der Waals surface area contributed by atoms with E-state index in [2.05, 4.69) is 9.68 Å². The lowest BCUT2D eigenvalue weighted by Gasteiger charge is -2.11. The van der Waals surface area contributed by atoms with Crippen molar-refractivity contribution in [2.24, 2.45) is 0 Å². The third-order valence-corrected chi connectivity index (χ3v) is 2.19. The molecule has 2 rings (SSSR count). The molecule has 84 valence electrons. The Kier molecular flexibility index (Phi) is 2.46. The first-order valence-electron chi connectivity index (χ1n) is 4.57. The fourth-order valence-electron chi connectivity index (χ4n) is 1.47. The van der Waals surface area contributed by atoms with Crippen LogP contribution in [0.25, 0.3) is 11.3 Å². The van der Waals surface area contributed by atoms with E-state index < -0.39 is 11.7 Å². The lowest BCUT2D eigenvalue weighted by atomic mass is 10.0. The molecule has 2 aromatic rings. The molecular formula is C11H8F3NO. The van der Waals surface area contributed by atoms with Crippen molar-refractivity contribution in [3.8, 4) is 11.3 Å². The zero-order chi connectivity index (χ0) is 11.8. The van der Waals surface area contributed by atoms with E-state index in [1.165, 1.54) is 18.4 Å². The Balaban J connectivity index is 2.62. The molecule has 0 fully saturated rings. The van der Waals surface area contributed by atoms with Crippen LogP contribution in [0.2, 0.25) is 0 Å². The molecule has 0 saturated carbocycles. The van der Waals surface area contributed by atoms with E-state index in [0.717, 1.165) is 6.07 Å². The third kappa shape index (κ3) is 1.93. The Morgan fingerprint density at radius 1 is 1.19 bits per heavy atom. The summed E-state index contributed by atoms with van der Waals surface area (Å²) in [5.41, 5.74) is 0.0835. The maximum absolute atomic E-state index is 12.8. The van der Waals surface area contributed by atoms with Gasteiger partial charge in [0.15, 0.2) is 0 Å². The number of hydrogen-bond acceptors (Lipinski definition) is 2. The maximum Gasteiger partial charge on any atom is 0.417 e. The molecule has 5 heteroatoms. The van der Waals surface area contributed by atoms with Gasteiger partial charge in [0.2, 0.25) is 0 Å². The summed E-state index contributed by atoms with van der Waals surface area (Å²) in [6, 6.07) is 5.51. The van der Waals surface area contributed by atoms with Crippen molar-refractivity contribution in [3.63, 3.8) is 0 Å². The number of alkyl halides is 3. The van der Waals surface area contributed by atoms with Crippen molar-refractivity contribution in [3.05, 3.63) is 41.7 Å². The zero-order valence-corrected chi connectivity index (χ0v) is 8.38. The van der Waals surface area contributed by atoms with Gasteiger partial charge in [0.05, 0.1) is 5.56 Å². The second-order valence-electron chi connectivity index (χ2n) is 3.43. The molecule has 1 aromatic carbocycles. The van der Waals surface area contributed by atoms with Gasteiger partial charge >= 0.3 is 6.18 Å². The second-order valence-corrected chi connectivity index (χ2v) is 3.43. The SMILES string of the molecule is Cc1ccc(-c2ccon2)c(C(F)(F)F)c1. The lowest BCUT2D eigenvalue weighted by Crippen LogP contribution is -2.07. The average molecular weight is 227 g/mol. The van der Waals surface area contributed by atoms with Crippen LogP contribution in [-0.4, -0.2) is 5.16 Å². The van der Waals surface area contributed by atoms with Crippen LogP contribution >= 0.6 is 0 Å². The lowest BCUT2D eigenvalue weighted by molar-refractivity contribution is -0.137. The Bertz CT molecular complexity index is 488. The molecule has 0 atom stereocenters. The van der Waals surface area contributed by atoms with Gasteiger partial charge in [-0.2, -0.15) is 13.2 Å². The van der Waals surface area contributed by atoms with Crippen molar-refractivity contribution >= 4 is 0 Å². The molecule has 0 amide bonds. The van der Waals surface area contributed by atoms with Gasteiger partial charge in [0, 0.05) is 11.6 Å². The minimum Gasteiger partial charge on any atom is -0.364 e. The summed E-state index contributed by atoms with van der Waals surface area (Å²) in [7, 11) is 0. The van der Waals surface area contributed by atoms with Gasteiger partial charge in [-0.25, -0.2) is 0 Å². The first kappa shape index (κ1) is 10.7. The van der Waals surface area contributed by atoms with E-state index >= 15 is 0 Å². The van der Waals surface area contributed by atoms with Crippen LogP contribution in [0.15, 0.2) is 35.1 Å². The predicted octanol–water partition coefficient (Wildman–Crippen LogP) is 3.67. The van der Waals surface area contributed by atoms with Crippen molar-refractivity contribution in [1.82, 2.24) is 5.16 Å². The van der Waals surface area contributed by atoms with Crippen molar-refractivity contribution in [2.75, 3.05) is 0 Å². The molecule has 0 N–H and O–H groups in total. The number of halogens is 3. The van der Waals surface area contributed by atoms with Gasteiger partial charge in [-0.05, 0) is 13.0 Å². The predicted molar refractivity (Wildman–Crippen MR) is 51.7 cm³/mol. The third-order valence-electron chi connectivity index (χ3n) is 2.19. The molecule has 0 saturated heterocycles. The standard InChI is InChI=1S/C11H8F3NO/c1-7-2-3-8(10-4-5-16-15-10)9(6-7)11(12,13)14/h2-6H,1H3. The summed E-state index contributed by atoms with van der Waals surface area (Å²) in [6.45, 7) is 1.61. The van der Waals surface area contributed by atoms with Gasteiger partial charge in [-0.1, -0.05) is 22.9 Å². The highest BCUT2D eigenvalue weighted by Crippen LogP contribution is 2.36. The highest BCUT2D eigenvalue weighted by molar-refractivity contribution is 5.64. The van der Waals surface area contributed by atoms with E-state index in [0.29, 0.717) is 5.56 Å². The molecule has 16 heavy (non-hydrogen) atoms. The quantitative estimate of drug-likeness (QED) is 0.742. The van der Waals surface area contributed by atoms with Crippen LogP contribution in [0, 0.1) is 6.92 Å². The zero-order valence-electron chi connectivity index (χ0n) is 8.38. The Morgan fingerprint density at radius 2 is 1.94 bits per heavy atom. The summed E-state index contributed by atoms with van der Waals surface area (Å²) in [6.07, 6.45) is -3.14. The first-order chi connectivity index (χ1) is 7.48. The van der Waals surface area contributed by atoms with Crippen LogP contribution < -0.4 is 0 Å². The average Bonchev–Trinajstić information content (AvgIpc) is 2.69. The summed E-state index contributed by atoms with van der Waals surface area (Å²) in [4.78, 5) is 0. The number of aryl methyl sites for hydroxylation is 1. The van der Waals surface area contributed by atoms with Crippen molar-refractivity contribution in [1.29, 1.82) is 0 Å². The first-order valence-corrected chi connectivity index (χ1v) is 4.57. The normalized spacial score (nSPS) is 11.8. The van der Waals surface area contributed by atoms with Crippen LogP contribution in [0.1, 0.15) is 11.1 Å². The van der Waals surface area contributed by atoms with E-state index in [1.54, 1.807) is 13.0 Å². The number of hydrogen-bond donors (Lipinski definition) is 0. The topological polar surface area (TPSA) is 26.0 Å². The van der Waals surface area contributed by atoms with Crippen molar-refractivity contribution < 1.29 is 17.7 Å². The van der Waals surface area contributed by atoms with Gasteiger partial charge in [-0.15, -0.1) is 0 Å². The van der Waals surface area contributed by atoms with Crippen LogP contribution in [0.3, 0.4) is 0 Å². The summed E-state index contributed by atoms with van der Waals surface area (Å²) < 4.78 is 42.8. The van der Waals surface area contributed by atoms with Crippen LogP contribution in [-0.2, 0) is 6.18 Å². The Hall–Kier alpha value is -1.78. The summed E-state index contributed by atoms with van der Waals surface area (Å²) >= 11 is 0. The molecular weight excluding hydrogens is 219 g/mol. The highest BCUT2D eigenvalue weighted by atomic mass is 19.4. The number of nitrogens with zero attached hydrogens (tertiary/aromatic N) is 1. The minimum atomic E-state index is -4.39. The molecule has 2 nitrogen and oxygen atoms in total. The highest BCUT2D eigenvalue weighted by Gasteiger charge is 2.34. The van der Waals surface area contributed by atoms with Crippen LogP contribution in [0.4, 0.5) is 13.2 Å². The molecule has 0 aliphatic rings. The minimum absolute atomic E-state index is 0.0341. The molecule has 0 spiro atoms. The molecule has 1 heterocycles.